The fourth-order valence-electron chi connectivity index (χ4n) is 2.58. The van der Waals surface area contributed by atoms with Crippen molar-refractivity contribution < 1.29 is 23.1 Å². The maximum Gasteiger partial charge on any atom is 0.316 e. The zero-order valence-corrected chi connectivity index (χ0v) is 18.3. The number of halogens is 1. The zero-order chi connectivity index (χ0) is 20.9. The van der Waals surface area contributed by atoms with Gasteiger partial charge in [0.2, 0.25) is 0 Å². The predicted molar refractivity (Wildman–Crippen MR) is 110 cm³/mol. The first-order valence-corrected chi connectivity index (χ1v) is 10.7. The van der Waals surface area contributed by atoms with Crippen LogP contribution in [0.3, 0.4) is 0 Å². The van der Waals surface area contributed by atoms with Crippen LogP contribution >= 0.6 is 15.9 Å². The summed E-state index contributed by atoms with van der Waals surface area (Å²) in [6, 6.07) is 9.18. The summed E-state index contributed by atoms with van der Waals surface area (Å²) >= 11 is 3.30. The molecule has 0 atom stereocenters. The molecular weight excluding hydrogens is 446 g/mol. The Bertz CT molecular complexity index is 1170. The molecule has 3 rings (SSSR count). The highest BCUT2D eigenvalue weighted by molar-refractivity contribution is 9.10. The average molecular weight is 466 g/mol. The molecule has 0 amide bonds. The first-order chi connectivity index (χ1) is 12.9. The Balaban J connectivity index is 2.19. The molecule has 0 bridgehead atoms. The first kappa shape index (κ1) is 20.4. The van der Waals surface area contributed by atoms with Crippen LogP contribution < -0.4 is 4.74 Å². The molecule has 1 aromatic heterocycles. The van der Waals surface area contributed by atoms with Gasteiger partial charge in [-0.05, 0) is 55.8 Å². The topological polar surface area (TPSA) is 85.6 Å². The minimum Gasteiger partial charge on any atom is -0.507 e. The van der Waals surface area contributed by atoms with Gasteiger partial charge in [-0.3, -0.25) is 4.79 Å². The largest absolute Gasteiger partial charge is 0.507 e. The SMILES string of the molecule is Cc1ccc(S(=O)(=O)n2cc(Br)c3c(O)cc(OC(=O)C(C)(C)C)cc32)cc1. The summed E-state index contributed by atoms with van der Waals surface area (Å²) < 4.78 is 33.1. The van der Waals surface area contributed by atoms with E-state index in [1.807, 2.05) is 6.92 Å². The van der Waals surface area contributed by atoms with Crippen molar-refractivity contribution in [2.24, 2.45) is 5.41 Å². The van der Waals surface area contributed by atoms with Gasteiger partial charge in [-0.25, -0.2) is 12.4 Å². The maximum atomic E-state index is 13.1. The minimum absolute atomic E-state index is 0.0656. The third-order valence-electron chi connectivity index (χ3n) is 4.18. The lowest BCUT2D eigenvalue weighted by atomic mass is 9.97. The fraction of sp³-hybridized carbons (Fsp3) is 0.250. The van der Waals surface area contributed by atoms with Gasteiger partial charge in [-0.2, -0.15) is 0 Å². The molecule has 0 saturated carbocycles. The molecule has 0 aliphatic carbocycles. The number of phenolic OH excluding ortho intramolecular Hbond substituents is 1. The lowest BCUT2D eigenvalue weighted by Crippen LogP contribution is -2.25. The third-order valence-corrected chi connectivity index (χ3v) is 6.47. The van der Waals surface area contributed by atoms with E-state index >= 15 is 0 Å². The molecule has 0 saturated heterocycles. The van der Waals surface area contributed by atoms with Gasteiger partial charge < -0.3 is 9.84 Å². The van der Waals surface area contributed by atoms with E-state index in [0.717, 1.165) is 9.54 Å². The quantitative estimate of drug-likeness (QED) is 0.450. The van der Waals surface area contributed by atoms with E-state index in [0.29, 0.717) is 9.86 Å². The van der Waals surface area contributed by atoms with Gasteiger partial charge in [0, 0.05) is 22.8 Å². The molecule has 8 heteroatoms. The second-order valence-electron chi connectivity index (χ2n) is 7.57. The highest BCUT2D eigenvalue weighted by Crippen LogP contribution is 2.39. The first-order valence-electron chi connectivity index (χ1n) is 8.49. The number of aromatic nitrogens is 1. The summed E-state index contributed by atoms with van der Waals surface area (Å²) in [6.07, 6.45) is 1.37. The van der Waals surface area contributed by atoms with Gasteiger partial charge in [0.25, 0.3) is 10.0 Å². The number of nitrogens with zero attached hydrogens (tertiary/aromatic N) is 1. The van der Waals surface area contributed by atoms with Crippen LogP contribution in [0.25, 0.3) is 10.9 Å². The molecule has 148 valence electrons. The summed E-state index contributed by atoms with van der Waals surface area (Å²) in [5.74, 6) is -0.625. The molecule has 2 aromatic carbocycles. The highest BCUT2D eigenvalue weighted by Gasteiger charge is 2.26. The number of carbonyl (C=O) groups excluding carboxylic acids is 1. The van der Waals surface area contributed by atoms with E-state index in [-0.39, 0.29) is 21.9 Å². The van der Waals surface area contributed by atoms with Crippen LogP contribution in [-0.4, -0.2) is 23.5 Å². The molecule has 0 aliphatic rings. The van der Waals surface area contributed by atoms with Gasteiger partial charge in [0.05, 0.1) is 21.2 Å². The van der Waals surface area contributed by atoms with Gasteiger partial charge in [-0.1, -0.05) is 17.7 Å². The Hall–Kier alpha value is -2.32. The van der Waals surface area contributed by atoms with Crippen LogP contribution in [0.15, 0.2) is 52.0 Å². The summed E-state index contributed by atoms with van der Waals surface area (Å²) in [4.78, 5) is 12.3. The number of esters is 1. The molecule has 0 radical (unpaired) electrons. The van der Waals surface area contributed by atoms with Crippen LogP contribution in [0.2, 0.25) is 0 Å². The third kappa shape index (κ3) is 3.66. The number of aromatic hydroxyl groups is 1. The Morgan fingerprint density at radius 1 is 1.14 bits per heavy atom. The minimum atomic E-state index is -3.92. The van der Waals surface area contributed by atoms with Crippen molar-refractivity contribution in [2.45, 2.75) is 32.6 Å². The molecular formula is C20H20BrNO5S. The number of hydrogen-bond acceptors (Lipinski definition) is 5. The van der Waals surface area contributed by atoms with Crippen LogP contribution in [0, 0.1) is 12.3 Å². The molecule has 28 heavy (non-hydrogen) atoms. The second-order valence-corrected chi connectivity index (χ2v) is 10.2. The van der Waals surface area contributed by atoms with E-state index in [4.69, 9.17) is 4.74 Å². The van der Waals surface area contributed by atoms with Crippen LogP contribution in [0.4, 0.5) is 0 Å². The Morgan fingerprint density at radius 3 is 2.32 bits per heavy atom. The molecule has 6 nitrogen and oxygen atoms in total. The van der Waals surface area contributed by atoms with Crippen molar-refractivity contribution in [3.63, 3.8) is 0 Å². The summed E-state index contributed by atoms with van der Waals surface area (Å²) in [5.41, 5.74) is 0.386. The lowest BCUT2D eigenvalue weighted by molar-refractivity contribution is -0.142. The smallest absolute Gasteiger partial charge is 0.316 e. The Morgan fingerprint density at radius 2 is 1.75 bits per heavy atom. The van der Waals surface area contributed by atoms with Crippen molar-refractivity contribution in [1.29, 1.82) is 0 Å². The summed E-state index contributed by atoms with van der Waals surface area (Å²) in [5, 5.41) is 10.7. The number of carbonyl (C=O) groups is 1. The molecule has 0 fully saturated rings. The zero-order valence-electron chi connectivity index (χ0n) is 15.9. The number of aryl methyl sites for hydroxylation is 1. The monoisotopic (exact) mass is 465 g/mol. The van der Waals surface area contributed by atoms with Gasteiger partial charge in [0.1, 0.15) is 11.5 Å². The van der Waals surface area contributed by atoms with E-state index < -0.39 is 21.4 Å². The molecule has 0 spiro atoms. The van der Waals surface area contributed by atoms with Crippen molar-refractivity contribution in [1.82, 2.24) is 3.97 Å². The number of hydrogen-bond donors (Lipinski definition) is 1. The number of rotatable bonds is 3. The summed E-state index contributed by atoms with van der Waals surface area (Å²) in [7, 11) is -3.92. The molecule has 1 N–H and O–H groups in total. The molecule has 1 heterocycles. The average Bonchev–Trinajstić information content (AvgIpc) is 2.92. The number of fused-ring (bicyclic) bond motifs is 1. The van der Waals surface area contributed by atoms with Crippen molar-refractivity contribution in [3.05, 3.63) is 52.6 Å². The van der Waals surface area contributed by atoms with Gasteiger partial charge in [-0.15, -0.1) is 0 Å². The normalized spacial score (nSPS) is 12.3. The maximum absolute atomic E-state index is 13.1. The number of ether oxygens (including phenoxy) is 1. The van der Waals surface area contributed by atoms with Crippen LogP contribution in [0.1, 0.15) is 26.3 Å². The second kappa shape index (κ2) is 6.93. The molecule has 0 unspecified atom stereocenters. The summed E-state index contributed by atoms with van der Waals surface area (Å²) in [6.45, 7) is 6.98. The van der Waals surface area contributed by atoms with Crippen molar-refractivity contribution in [2.75, 3.05) is 0 Å². The van der Waals surface area contributed by atoms with Crippen LogP contribution in [0.5, 0.6) is 11.5 Å². The van der Waals surface area contributed by atoms with Crippen molar-refractivity contribution >= 4 is 42.8 Å². The predicted octanol–water partition coefficient (Wildman–Crippen LogP) is 4.61. The van der Waals surface area contributed by atoms with E-state index in [9.17, 15) is 18.3 Å². The van der Waals surface area contributed by atoms with E-state index in [1.54, 1.807) is 32.9 Å². The van der Waals surface area contributed by atoms with Gasteiger partial charge in [0.15, 0.2) is 0 Å². The standard InChI is InChI=1S/C20H20BrNO5S/c1-12-5-7-14(8-6-12)28(25,26)22-11-15(21)18-16(22)9-13(10-17(18)23)27-19(24)20(2,3)4/h5-11,23H,1-4H3. The van der Waals surface area contributed by atoms with E-state index in [1.165, 1.54) is 30.5 Å². The van der Waals surface area contributed by atoms with Crippen molar-refractivity contribution in [3.8, 4) is 11.5 Å². The Kier molecular flexibility index (Phi) is 5.05. The highest BCUT2D eigenvalue weighted by atomic mass is 79.9. The fourth-order valence-corrected chi connectivity index (χ4v) is 4.68. The molecule has 0 aliphatic heterocycles. The Labute approximate surface area is 171 Å². The van der Waals surface area contributed by atoms with Gasteiger partial charge >= 0.3 is 5.97 Å². The number of phenols is 1. The lowest BCUT2D eigenvalue weighted by Gasteiger charge is -2.16. The van der Waals surface area contributed by atoms with E-state index in [2.05, 4.69) is 15.9 Å². The van der Waals surface area contributed by atoms with Crippen LogP contribution in [-0.2, 0) is 14.8 Å². The molecule has 3 aromatic rings. The number of benzene rings is 2.